The molecule has 2 aromatic rings. The van der Waals surface area contributed by atoms with E-state index in [1.165, 1.54) is 29.0 Å². The Labute approximate surface area is 168 Å². The molecule has 0 atom stereocenters. The zero-order chi connectivity index (χ0) is 20.1. The molecule has 7 heteroatoms. The molecule has 1 amide bonds. The van der Waals surface area contributed by atoms with E-state index in [2.05, 4.69) is 23.2 Å². The monoisotopic (exact) mass is 395 g/mol. The van der Waals surface area contributed by atoms with Gasteiger partial charge in [-0.2, -0.15) is 5.26 Å². The Hall–Kier alpha value is -2.85. The predicted octanol–water partition coefficient (Wildman–Crippen LogP) is 3.12. The van der Waals surface area contributed by atoms with Gasteiger partial charge in [-0.15, -0.1) is 0 Å². The summed E-state index contributed by atoms with van der Waals surface area (Å²) in [5, 5.41) is 9.88. The lowest BCUT2D eigenvalue weighted by molar-refractivity contribution is -0.129. The van der Waals surface area contributed by atoms with Crippen LogP contribution < -0.4 is 0 Å². The van der Waals surface area contributed by atoms with Crippen molar-refractivity contribution < 1.29 is 14.3 Å². The normalized spacial score (nSPS) is 12.8. The maximum absolute atomic E-state index is 12.6. The number of carbonyl (C=O) groups excluding carboxylic acids is 2. The first-order valence-corrected chi connectivity index (χ1v) is 10.1. The average molecular weight is 395 g/mol. The lowest BCUT2D eigenvalue weighted by atomic mass is 10.00. The Morgan fingerprint density at radius 1 is 1.32 bits per heavy atom. The Morgan fingerprint density at radius 2 is 2.07 bits per heavy atom. The molecule has 1 aliphatic rings. The molecule has 0 saturated heterocycles. The van der Waals surface area contributed by atoms with Crippen LogP contribution in [0.15, 0.2) is 35.4 Å². The highest BCUT2D eigenvalue weighted by molar-refractivity contribution is 8.00. The second-order valence-electron chi connectivity index (χ2n) is 6.43. The highest BCUT2D eigenvalue weighted by atomic mass is 32.2. The van der Waals surface area contributed by atoms with Gasteiger partial charge in [0.25, 0.3) is 0 Å². The molecule has 28 heavy (non-hydrogen) atoms. The van der Waals surface area contributed by atoms with Crippen molar-refractivity contribution in [1.29, 1.82) is 5.26 Å². The maximum atomic E-state index is 12.6. The standard InChI is InChI=1S/C21H21N3O3S/c1-3-27-21(26)18-10-17(11-22)20(23-14(18)2)28-13-19(25)24-9-8-15-6-4-5-7-16(15)12-24/h4-7,10H,3,8-9,12-13H2,1-2H3. The molecule has 144 valence electrons. The van der Waals surface area contributed by atoms with E-state index >= 15 is 0 Å². The fourth-order valence-corrected chi connectivity index (χ4v) is 4.02. The lowest BCUT2D eigenvalue weighted by Gasteiger charge is -2.28. The molecule has 1 aromatic heterocycles. The first-order valence-electron chi connectivity index (χ1n) is 9.09. The smallest absolute Gasteiger partial charge is 0.340 e. The molecule has 3 rings (SSSR count). The molecular formula is C21H21N3O3S. The van der Waals surface area contributed by atoms with Crippen molar-refractivity contribution >= 4 is 23.6 Å². The van der Waals surface area contributed by atoms with Crippen LogP contribution in [0.4, 0.5) is 0 Å². The Kier molecular flexibility index (Phi) is 6.32. The number of rotatable bonds is 5. The second-order valence-corrected chi connectivity index (χ2v) is 7.39. The van der Waals surface area contributed by atoms with Crippen molar-refractivity contribution in [3.05, 3.63) is 58.3 Å². The van der Waals surface area contributed by atoms with Gasteiger partial charge in [-0.3, -0.25) is 4.79 Å². The third kappa shape index (κ3) is 4.34. The number of nitriles is 1. The lowest BCUT2D eigenvalue weighted by Crippen LogP contribution is -2.37. The topological polar surface area (TPSA) is 83.3 Å². The molecule has 2 heterocycles. The number of ether oxygens (including phenoxy) is 1. The second kappa shape index (κ2) is 8.89. The van der Waals surface area contributed by atoms with Crippen molar-refractivity contribution in [2.45, 2.75) is 31.8 Å². The van der Waals surface area contributed by atoms with Crippen LogP contribution >= 0.6 is 11.8 Å². The van der Waals surface area contributed by atoms with Crippen LogP contribution in [0, 0.1) is 18.3 Å². The minimum Gasteiger partial charge on any atom is -0.462 e. The number of hydrogen-bond donors (Lipinski definition) is 0. The molecule has 6 nitrogen and oxygen atoms in total. The van der Waals surface area contributed by atoms with Gasteiger partial charge in [0.1, 0.15) is 11.1 Å². The highest BCUT2D eigenvalue weighted by Crippen LogP contribution is 2.25. The summed E-state index contributed by atoms with van der Waals surface area (Å²) in [6.07, 6.45) is 0.849. The molecule has 0 fully saturated rings. The zero-order valence-corrected chi connectivity index (χ0v) is 16.7. The van der Waals surface area contributed by atoms with Crippen LogP contribution in [0.1, 0.15) is 39.7 Å². The average Bonchev–Trinajstić information content (AvgIpc) is 2.71. The Morgan fingerprint density at radius 3 is 2.79 bits per heavy atom. The Balaban J connectivity index is 1.69. The summed E-state index contributed by atoms with van der Waals surface area (Å²) in [6.45, 7) is 4.97. The van der Waals surface area contributed by atoms with Crippen molar-refractivity contribution in [3.8, 4) is 6.07 Å². The predicted molar refractivity (Wildman–Crippen MR) is 106 cm³/mol. The van der Waals surface area contributed by atoms with Crippen molar-refractivity contribution in [3.63, 3.8) is 0 Å². The van der Waals surface area contributed by atoms with E-state index in [0.29, 0.717) is 23.8 Å². The number of pyridine rings is 1. The summed E-state index contributed by atoms with van der Waals surface area (Å²) in [5.74, 6) is -0.289. The van der Waals surface area contributed by atoms with Gasteiger partial charge >= 0.3 is 5.97 Å². The number of aryl methyl sites for hydroxylation is 1. The summed E-state index contributed by atoms with van der Waals surface area (Å²) in [5.41, 5.74) is 3.51. The van der Waals surface area contributed by atoms with E-state index < -0.39 is 5.97 Å². The van der Waals surface area contributed by atoms with E-state index in [9.17, 15) is 14.9 Å². The van der Waals surface area contributed by atoms with Gasteiger partial charge in [0, 0.05) is 13.1 Å². The largest absolute Gasteiger partial charge is 0.462 e. The zero-order valence-electron chi connectivity index (χ0n) is 15.9. The summed E-state index contributed by atoms with van der Waals surface area (Å²) in [6, 6.07) is 11.7. The number of aromatic nitrogens is 1. The fraction of sp³-hybridized carbons (Fsp3) is 0.333. The van der Waals surface area contributed by atoms with Crippen LogP contribution in [-0.4, -0.2) is 40.7 Å². The molecule has 0 aliphatic carbocycles. The molecule has 0 N–H and O–H groups in total. The number of hydrogen-bond acceptors (Lipinski definition) is 6. The number of amides is 1. The third-order valence-electron chi connectivity index (χ3n) is 4.61. The maximum Gasteiger partial charge on any atom is 0.340 e. The van der Waals surface area contributed by atoms with Gasteiger partial charge in [-0.25, -0.2) is 9.78 Å². The molecule has 0 bridgehead atoms. The van der Waals surface area contributed by atoms with E-state index in [-0.39, 0.29) is 29.4 Å². The fourth-order valence-electron chi connectivity index (χ4n) is 3.12. The van der Waals surface area contributed by atoms with Gasteiger partial charge < -0.3 is 9.64 Å². The van der Waals surface area contributed by atoms with Gasteiger partial charge in [-0.05, 0) is 37.5 Å². The molecular weight excluding hydrogens is 374 g/mol. The van der Waals surface area contributed by atoms with Crippen LogP contribution in [0.5, 0.6) is 0 Å². The molecule has 1 aliphatic heterocycles. The summed E-state index contributed by atoms with van der Waals surface area (Å²) >= 11 is 1.23. The molecule has 0 saturated carbocycles. The number of esters is 1. The van der Waals surface area contributed by atoms with Crippen molar-refractivity contribution in [2.75, 3.05) is 18.9 Å². The van der Waals surface area contributed by atoms with Crippen LogP contribution in [0.3, 0.4) is 0 Å². The summed E-state index contributed by atoms with van der Waals surface area (Å²) < 4.78 is 5.00. The minimum absolute atomic E-state index is 0.0114. The van der Waals surface area contributed by atoms with Crippen LogP contribution in [-0.2, 0) is 22.5 Å². The number of fused-ring (bicyclic) bond motifs is 1. The van der Waals surface area contributed by atoms with E-state index in [1.54, 1.807) is 13.8 Å². The molecule has 0 spiro atoms. The highest BCUT2D eigenvalue weighted by Gasteiger charge is 2.22. The molecule has 0 radical (unpaired) electrons. The number of thioether (sulfide) groups is 1. The van der Waals surface area contributed by atoms with Crippen LogP contribution in [0.25, 0.3) is 0 Å². The molecule has 1 aromatic carbocycles. The van der Waals surface area contributed by atoms with E-state index in [0.717, 1.165) is 6.42 Å². The number of nitrogens with zero attached hydrogens (tertiary/aromatic N) is 3. The van der Waals surface area contributed by atoms with E-state index in [1.807, 2.05) is 17.0 Å². The van der Waals surface area contributed by atoms with Gasteiger partial charge in [-0.1, -0.05) is 36.0 Å². The number of benzene rings is 1. The van der Waals surface area contributed by atoms with Gasteiger partial charge in [0.15, 0.2) is 0 Å². The number of carbonyl (C=O) groups is 2. The first kappa shape index (κ1) is 19.9. The van der Waals surface area contributed by atoms with Crippen molar-refractivity contribution in [1.82, 2.24) is 9.88 Å². The Bertz CT molecular complexity index is 952. The van der Waals surface area contributed by atoms with E-state index in [4.69, 9.17) is 4.74 Å². The van der Waals surface area contributed by atoms with Crippen molar-refractivity contribution in [2.24, 2.45) is 0 Å². The van der Waals surface area contributed by atoms with Gasteiger partial charge in [0.2, 0.25) is 5.91 Å². The minimum atomic E-state index is -0.497. The first-order chi connectivity index (χ1) is 13.5. The quantitative estimate of drug-likeness (QED) is 0.571. The van der Waals surface area contributed by atoms with Crippen LogP contribution in [0.2, 0.25) is 0 Å². The van der Waals surface area contributed by atoms with Gasteiger partial charge in [0.05, 0.1) is 29.2 Å². The summed E-state index contributed by atoms with van der Waals surface area (Å²) in [4.78, 5) is 30.8. The molecule has 0 unspecified atom stereocenters. The SMILES string of the molecule is CCOC(=O)c1cc(C#N)c(SCC(=O)N2CCc3ccccc3C2)nc1C. The summed E-state index contributed by atoms with van der Waals surface area (Å²) in [7, 11) is 0. The third-order valence-corrected chi connectivity index (χ3v) is 5.59.